The highest BCUT2D eigenvalue weighted by atomic mass is 16.7. The second-order valence-corrected chi connectivity index (χ2v) is 5.13. The Bertz CT molecular complexity index is 528. The molecule has 114 valence electrons. The van der Waals surface area contributed by atoms with Crippen LogP contribution in [0.25, 0.3) is 6.08 Å². The zero-order chi connectivity index (χ0) is 15.3. The minimum absolute atomic E-state index is 0.137. The van der Waals surface area contributed by atoms with E-state index in [1.54, 1.807) is 6.08 Å². The van der Waals surface area contributed by atoms with Gasteiger partial charge < -0.3 is 20.5 Å². The SMILES string of the molecule is CCC(CC)(CN)NC(=O)C=Cc1ccc2c(c1)OCO2. The summed E-state index contributed by atoms with van der Waals surface area (Å²) in [4.78, 5) is 12.0. The van der Waals surface area contributed by atoms with E-state index >= 15 is 0 Å². The number of carbonyl (C=O) groups excluding carboxylic acids is 1. The van der Waals surface area contributed by atoms with Crippen LogP contribution < -0.4 is 20.5 Å². The van der Waals surface area contributed by atoms with Crippen molar-refractivity contribution < 1.29 is 14.3 Å². The molecule has 3 N–H and O–H groups in total. The molecule has 5 heteroatoms. The molecule has 1 aromatic carbocycles. The molecule has 0 saturated carbocycles. The van der Waals surface area contributed by atoms with E-state index < -0.39 is 0 Å². The van der Waals surface area contributed by atoms with Gasteiger partial charge in [0.05, 0.1) is 5.54 Å². The fourth-order valence-electron chi connectivity index (χ4n) is 2.26. The van der Waals surface area contributed by atoms with Crippen molar-refractivity contribution in [3.8, 4) is 11.5 Å². The van der Waals surface area contributed by atoms with Gasteiger partial charge >= 0.3 is 0 Å². The Labute approximate surface area is 125 Å². The molecule has 0 bridgehead atoms. The lowest BCUT2D eigenvalue weighted by Gasteiger charge is -2.30. The van der Waals surface area contributed by atoms with E-state index in [1.807, 2.05) is 32.0 Å². The molecule has 0 unspecified atom stereocenters. The summed E-state index contributed by atoms with van der Waals surface area (Å²) in [5.41, 5.74) is 6.34. The van der Waals surface area contributed by atoms with Crippen LogP contribution in [0.2, 0.25) is 0 Å². The average molecular weight is 290 g/mol. The molecule has 1 aromatic rings. The highest BCUT2D eigenvalue weighted by molar-refractivity contribution is 5.92. The highest BCUT2D eigenvalue weighted by Gasteiger charge is 2.25. The van der Waals surface area contributed by atoms with Crippen LogP contribution in [0.4, 0.5) is 0 Å². The summed E-state index contributed by atoms with van der Waals surface area (Å²) in [6, 6.07) is 5.57. The number of nitrogens with one attached hydrogen (secondary N) is 1. The van der Waals surface area contributed by atoms with Crippen LogP contribution in [-0.2, 0) is 4.79 Å². The van der Waals surface area contributed by atoms with Gasteiger partial charge in [0.25, 0.3) is 0 Å². The van der Waals surface area contributed by atoms with Crippen molar-refractivity contribution in [1.29, 1.82) is 0 Å². The summed E-state index contributed by atoms with van der Waals surface area (Å²) < 4.78 is 10.6. The normalized spacial score (nSPS) is 13.7. The third-order valence-electron chi connectivity index (χ3n) is 3.96. The maximum atomic E-state index is 12.0. The van der Waals surface area contributed by atoms with Crippen molar-refractivity contribution in [2.45, 2.75) is 32.2 Å². The van der Waals surface area contributed by atoms with Gasteiger partial charge in [-0.05, 0) is 36.6 Å². The molecule has 21 heavy (non-hydrogen) atoms. The Balaban J connectivity index is 2.02. The lowest BCUT2D eigenvalue weighted by molar-refractivity contribution is -0.118. The zero-order valence-electron chi connectivity index (χ0n) is 12.5. The van der Waals surface area contributed by atoms with Gasteiger partial charge in [-0.2, -0.15) is 0 Å². The van der Waals surface area contributed by atoms with E-state index in [0.29, 0.717) is 12.3 Å². The Morgan fingerprint density at radius 2 is 2.05 bits per heavy atom. The van der Waals surface area contributed by atoms with Crippen LogP contribution >= 0.6 is 0 Å². The van der Waals surface area contributed by atoms with Gasteiger partial charge in [0.15, 0.2) is 11.5 Å². The van der Waals surface area contributed by atoms with Crippen LogP contribution in [0.5, 0.6) is 11.5 Å². The van der Waals surface area contributed by atoms with E-state index in [0.717, 1.165) is 24.2 Å². The number of hydrogen-bond donors (Lipinski definition) is 2. The van der Waals surface area contributed by atoms with Crippen molar-refractivity contribution in [2.75, 3.05) is 13.3 Å². The highest BCUT2D eigenvalue weighted by Crippen LogP contribution is 2.32. The fourth-order valence-corrected chi connectivity index (χ4v) is 2.26. The third kappa shape index (κ3) is 3.55. The zero-order valence-corrected chi connectivity index (χ0v) is 12.5. The van der Waals surface area contributed by atoms with Gasteiger partial charge in [-0.25, -0.2) is 0 Å². The van der Waals surface area contributed by atoms with Gasteiger partial charge in [-0.3, -0.25) is 4.79 Å². The second-order valence-electron chi connectivity index (χ2n) is 5.13. The maximum absolute atomic E-state index is 12.0. The van der Waals surface area contributed by atoms with Crippen LogP contribution in [0.1, 0.15) is 32.3 Å². The van der Waals surface area contributed by atoms with Crippen LogP contribution in [0.15, 0.2) is 24.3 Å². The smallest absolute Gasteiger partial charge is 0.244 e. The Kier molecular flexibility index (Phi) is 4.85. The van der Waals surface area contributed by atoms with Crippen LogP contribution in [-0.4, -0.2) is 24.8 Å². The molecule has 0 atom stereocenters. The van der Waals surface area contributed by atoms with Gasteiger partial charge in [0.2, 0.25) is 12.7 Å². The number of fused-ring (bicyclic) bond motifs is 1. The lowest BCUT2D eigenvalue weighted by Crippen LogP contribution is -2.52. The molecule has 1 aliphatic rings. The van der Waals surface area contributed by atoms with E-state index in [9.17, 15) is 4.79 Å². The van der Waals surface area contributed by atoms with E-state index in [-0.39, 0.29) is 18.2 Å². The van der Waals surface area contributed by atoms with Gasteiger partial charge in [0.1, 0.15) is 0 Å². The van der Waals surface area contributed by atoms with Crippen molar-refractivity contribution >= 4 is 12.0 Å². The van der Waals surface area contributed by atoms with Gasteiger partial charge in [-0.15, -0.1) is 0 Å². The summed E-state index contributed by atoms with van der Waals surface area (Å²) in [5, 5.41) is 3.00. The summed E-state index contributed by atoms with van der Waals surface area (Å²) in [6.07, 6.45) is 4.89. The molecule has 0 saturated heterocycles. The standard InChI is InChI=1S/C16H22N2O3/c1-3-16(4-2,10-17)18-15(19)8-6-12-5-7-13-14(9-12)21-11-20-13/h5-9H,3-4,10-11,17H2,1-2H3,(H,18,19). The minimum atomic E-state index is -0.323. The van der Waals surface area contributed by atoms with Crippen LogP contribution in [0, 0.1) is 0 Å². The predicted octanol–water partition coefficient (Wildman–Crippen LogP) is 2.06. The summed E-state index contributed by atoms with van der Waals surface area (Å²) in [5.74, 6) is 1.30. The first kappa shape index (κ1) is 15.4. The second kappa shape index (κ2) is 6.63. The number of rotatable bonds is 6. The predicted molar refractivity (Wildman–Crippen MR) is 82.1 cm³/mol. The van der Waals surface area contributed by atoms with Crippen molar-refractivity contribution in [2.24, 2.45) is 5.73 Å². The molecular formula is C16H22N2O3. The molecule has 2 rings (SSSR count). The lowest BCUT2D eigenvalue weighted by atomic mass is 9.93. The van der Waals surface area contributed by atoms with Gasteiger partial charge in [0, 0.05) is 12.6 Å². The number of benzene rings is 1. The molecule has 1 heterocycles. The van der Waals surface area contributed by atoms with Crippen molar-refractivity contribution in [3.05, 3.63) is 29.8 Å². The molecule has 0 radical (unpaired) electrons. The number of hydrogen-bond acceptors (Lipinski definition) is 4. The molecule has 0 aromatic heterocycles. The maximum Gasteiger partial charge on any atom is 0.244 e. The van der Waals surface area contributed by atoms with Crippen molar-refractivity contribution in [1.82, 2.24) is 5.32 Å². The summed E-state index contributed by atoms with van der Waals surface area (Å²) >= 11 is 0. The summed E-state index contributed by atoms with van der Waals surface area (Å²) in [7, 11) is 0. The number of carbonyl (C=O) groups is 1. The molecule has 0 fully saturated rings. The van der Waals surface area contributed by atoms with E-state index in [4.69, 9.17) is 15.2 Å². The fraction of sp³-hybridized carbons (Fsp3) is 0.438. The summed E-state index contributed by atoms with van der Waals surface area (Å²) in [6.45, 7) is 4.73. The van der Waals surface area contributed by atoms with Gasteiger partial charge in [-0.1, -0.05) is 19.9 Å². The number of ether oxygens (including phenoxy) is 2. The first-order valence-corrected chi connectivity index (χ1v) is 7.22. The molecule has 1 aliphatic heterocycles. The van der Waals surface area contributed by atoms with Crippen molar-refractivity contribution in [3.63, 3.8) is 0 Å². The first-order chi connectivity index (χ1) is 10.1. The molecule has 0 spiro atoms. The Hall–Kier alpha value is -2.01. The molecule has 1 amide bonds. The first-order valence-electron chi connectivity index (χ1n) is 7.22. The largest absolute Gasteiger partial charge is 0.454 e. The van der Waals surface area contributed by atoms with E-state index in [2.05, 4.69) is 5.32 Å². The Morgan fingerprint density at radius 1 is 1.33 bits per heavy atom. The average Bonchev–Trinajstić information content (AvgIpc) is 2.98. The Morgan fingerprint density at radius 3 is 2.71 bits per heavy atom. The topological polar surface area (TPSA) is 73.6 Å². The molecule has 5 nitrogen and oxygen atoms in total. The minimum Gasteiger partial charge on any atom is -0.454 e. The molecule has 0 aliphatic carbocycles. The van der Waals surface area contributed by atoms with E-state index in [1.165, 1.54) is 6.08 Å². The van der Waals surface area contributed by atoms with Crippen LogP contribution in [0.3, 0.4) is 0 Å². The number of nitrogens with two attached hydrogens (primary N) is 1. The quantitative estimate of drug-likeness (QED) is 0.787. The molecular weight excluding hydrogens is 268 g/mol. The monoisotopic (exact) mass is 290 g/mol. The number of amides is 1. The third-order valence-corrected chi connectivity index (χ3v) is 3.96.